The molecule has 4 atom stereocenters. The van der Waals surface area contributed by atoms with Crippen molar-refractivity contribution in [2.24, 2.45) is 0 Å². The van der Waals surface area contributed by atoms with Crippen LogP contribution in [0.4, 0.5) is 14.5 Å². The van der Waals surface area contributed by atoms with E-state index < -0.39 is 29.9 Å². The van der Waals surface area contributed by atoms with E-state index in [0.29, 0.717) is 23.4 Å². The van der Waals surface area contributed by atoms with E-state index >= 15 is 0 Å². The van der Waals surface area contributed by atoms with Crippen LogP contribution in [0.25, 0.3) is 0 Å². The van der Waals surface area contributed by atoms with Crippen molar-refractivity contribution in [2.75, 3.05) is 11.9 Å². The summed E-state index contributed by atoms with van der Waals surface area (Å²) in [4.78, 5) is 29.1. The fraction of sp³-hybridized carbons (Fsp3) is 0.296. The minimum atomic E-state index is -0.655. The summed E-state index contributed by atoms with van der Waals surface area (Å²) in [7, 11) is 0. The van der Waals surface area contributed by atoms with Gasteiger partial charge in [-0.15, -0.1) is 0 Å². The lowest BCUT2D eigenvalue weighted by molar-refractivity contribution is -0.142. The van der Waals surface area contributed by atoms with Crippen molar-refractivity contribution in [3.05, 3.63) is 89.2 Å². The Morgan fingerprint density at radius 1 is 1.14 bits per heavy atom. The molecular formula is C27H25F2N3O5. The molecule has 37 heavy (non-hydrogen) atoms. The molecule has 5 rings (SSSR count). The second-order valence-electron chi connectivity index (χ2n) is 9.07. The summed E-state index contributed by atoms with van der Waals surface area (Å²) < 4.78 is 39.3. The third-order valence-electron chi connectivity index (χ3n) is 6.58. The SMILES string of the molecule is O=C(C[C@H]1C[C@H]2c3cc(NC(=O)c4cccnc4)ccc3O[C@H]2[C@@H](CO)O1)NCc1cc(F)ccc1F. The lowest BCUT2D eigenvalue weighted by Crippen LogP contribution is -2.47. The molecule has 2 amide bonds. The van der Waals surface area contributed by atoms with Gasteiger partial charge in [-0.25, -0.2) is 8.78 Å². The van der Waals surface area contributed by atoms with Gasteiger partial charge < -0.3 is 25.2 Å². The molecule has 1 aromatic heterocycles. The van der Waals surface area contributed by atoms with Gasteiger partial charge in [0.25, 0.3) is 5.91 Å². The van der Waals surface area contributed by atoms with E-state index in [1.54, 1.807) is 30.5 Å². The first kappa shape index (κ1) is 24.8. The highest BCUT2D eigenvalue weighted by atomic mass is 19.1. The first-order valence-corrected chi connectivity index (χ1v) is 11.9. The number of benzene rings is 2. The summed E-state index contributed by atoms with van der Waals surface area (Å²) in [5.41, 5.74) is 1.90. The molecule has 0 saturated carbocycles. The molecule has 2 aliphatic rings. The van der Waals surface area contributed by atoms with Gasteiger partial charge in [0.05, 0.1) is 24.7 Å². The monoisotopic (exact) mass is 509 g/mol. The van der Waals surface area contributed by atoms with Crippen LogP contribution in [-0.2, 0) is 16.1 Å². The van der Waals surface area contributed by atoms with Gasteiger partial charge in [0, 0.05) is 41.7 Å². The summed E-state index contributed by atoms with van der Waals surface area (Å²) >= 11 is 0. The van der Waals surface area contributed by atoms with Crippen LogP contribution in [0.3, 0.4) is 0 Å². The number of fused-ring (bicyclic) bond motifs is 3. The quantitative estimate of drug-likeness (QED) is 0.451. The maximum Gasteiger partial charge on any atom is 0.257 e. The summed E-state index contributed by atoms with van der Waals surface area (Å²) in [6.45, 7) is -0.455. The van der Waals surface area contributed by atoms with Gasteiger partial charge in [-0.3, -0.25) is 14.6 Å². The van der Waals surface area contributed by atoms with Gasteiger partial charge in [-0.1, -0.05) is 0 Å². The van der Waals surface area contributed by atoms with Crippen molar-refractivity contribution >= 4 is 17.5 Å². The molecule has 192 valence electrons. The molecule has 0 unspecified atom stereocenters. The predicted octanol–water partition coefficient (Wildman–Crippen LogP) is 3.31. The molecule has 2 aromatic carbocycles. The van der Waals surface area contributed by atoms with Crippen molar-refractivity contribution in [3.8, 4) is 5.75 Å². The number of hydrogen-bond donors (Lipinski definition) is 3. The van der Waals surface area contributed by atoms with Crippen LogP contribution < -0.4 is 15.4 Å². The number of aromatic nitrogens is 1. The van der Waals surface area contributed by atoms with Crippen LogP contribution in [0.2, 0.25) is 0 Å². The third kappa shape index (κ3) is 5.45. The molecule has 1 saturated heterocycles. The number of aliphatic hydroxyl groups excluding tert-OH is 1. The normalized spacial score (nSPS) is 21.9. The molecule has 10 heteroatoms. The lowest BCUT2D eigenvalue weighted by Gasteiger charge is -2.37. The highest BCUT2D eigenvalue weighted by Crippen LogP contribution is 2.47. The number of rotatable bonds is 7. The fourth-order valence-electron chi connectivity index (χ4n) is 4.82. The second kappa shape index (κ2) is 10.6. The predicted molar refractivity (Wildman–Crippen MR) is 129 cm³/mol. The average Bonchev–Trinajstić information content (AvgIpc) is 3.27. The second-order valence-corrected chi connectivity index (χ2v) is 9.07. The number of carbonyl (C=O) groups is 2. The van der Waals surface area contributed by atoms with E-state index in [-0.39, 0.29) is 42.9 Å². The van der Waals surface area contributed by atoms with Gasteiger partial charge in [0.1, 0.15) is 29.6 Å². The fourth-order valence-corrected chi connectivity index (χ4v) is 4.82. The largest absolute Gasteiger partial charge is 0.487 e. The number of pyridine rings is 1. The van der Waals surface area contributed by atoms with Gasteiger partial charge >= 0.3 is 0 Å². The Bertz CT molecular complexity index is 1310. The maximum atomic E-state index is 13.9. The minimum absolute atomic E-state index is 0.0244. The number of halogens is 2. The lowest BCUT2D eigenvalue weighted by atomic mass is 9.84. The van der Waals surface area contributed by atoms with Gasteiger partial charge in [0.15, 0.2) is 0 Å². The number of amides is 2. The molecule has 3 N–H and O–H groups in total. The van der Waals surface area contributed by atoms with E-state index in [2.05, 4.69) is 15.6 Å². The van der Waals surface area contributed by atoms with E-state index in [1.807, 2.05) is 6.07 Å². The van der Waals surface area contributed by atoms with Crippen molar-refractivity contribution < 1.29 is 33.0 Å². The number of anilines is 1. The van der Waals surface area contributed by atoms with Crippen molar-refractivity contribution in [1.82, 2.24) is 10.3 Å². The number of carbonyl (C=O) groups excluding carboxylic acids is 2. The Labute approximate surface area is 211 Å². The Hall–Kier alpha value is -3.89. The molecule has 2 aliphatic heterocycles. The van der Waals surface area contributed by atoms with Crippen molar-refractivity contribution in [1.29, 1.82) is 0 Å². The minimum Gasteiger partial charge on any atom is -0.487 e. The highest BCUT2D eigenvalue weighted by molar-refractivity contribution is 6.04. The first-order chi connectivity index (χ1) is 17.9. The molecular weight excluding hydrogens is 484 g/mol. The maximum absolute atomic E-state index is 13.9. The zero-order chi connectivity index (χ0) is 25.9. The topological polar surface area (TPSA) is 110 Å². The van der Waals surface area contributed by atoms with Gasteiger partial charge in [-0.2, -0.15) is 0 Å². The summed E-state index contributed by atoms with van der Waals surface area (Å²) in [5.74, 6) is -1.43. The Morgan fingerprint density at radius 2 is 2.00 bits per heavy atom. The van der Waals surface area contributed by atoms with E-state index in [0.717, 1.165) is 23.8 Å². The van der Waals surface area contributed by atoms with Crippen LogP contribution in [0.15, 0.2) is 60.9 Å². The number of aliphatic hydroxyl groups is 1. The number of nitrogens with zero attached hydrogens (tertiary/aromatic N) is 1. The molecule has 0 spiro atoms. The highest BCUT2D eigenvalue weighted by Gasteiger charge is 2.46. The number of ether oxygens (including phenoxy) is 2. The van der Waals surface area contributed by atoms with Gasteiger partial charge in [0.2, 0.25) is 5.91 Å². The Kier molecular flexibility index (Phi) is 7.11. The Morgan fingerprint density at radius 3 is 2.78 bits per heavy atom. The van der Waals surface area contributed by atoms with Crippen molar-refractivity contribution in [2.45, 2.75) is 43.6 Å². The van der Waals surface area contributed by atoms with Crippen LogP contribution in [-0.4, -0.2) is 46.8 Å². The first-order valence-electron chi connectivity index (χ1n) is 11.9. The molecule has 1 fully saturated rings. The summed E-state index contributed by atoms with van der Waals surface area (Å²) in [5, 5.41) is 15.4. The molecule has 3 aromatic rings. The van der Waals surface area contributed by atoms with Crippen molar-refractivity contribution in [3.63, 3.8) is 0 Å². The summed E-state index contributed by atoms with van der Waals surface area (Å²) in [6.07, 6.45) is 1.86. The summed E-state index contributed by atoms with van der Waals surface area (Å²) in [6, 6.07) is 11.7. The molecule has 0 aliphatic carbocycles. The molecule has 3 heterocycles. The van der Waals surface area contributed by atoms with E-state index in [9.17, 15) is 23.5 Å². The average molecular weight is 510 g/mol. The molecule has 8 nitrogen and oxygen atoms in total. The van der Waals surface area contributed by atoms with Crippen LogP contribution in [0.1, 0.15) is 40.2 Å². The standard InChI is InChI=1S/C27H25F2N3O5/c28-17-3-5-22(29)16(8-17)13-31-25(34)11-19-10-21-20-9-18(32-27(35)15-2-1-7-30-12-15)4-6-23(20)37-26(21)24(14-33)36-19/h1-9,12,19,21,24,26,33H,10-11,13-14H2,(H,31,34)(H,32,35)/t19-,21+,24-,26-/m1/s1. The van der Waals surface area contributed by atoms with E-state index in [1.165, 1.54) is 6.20 Å². The van der Waals surface area contributed by atoms with Crippen LogP contribution >= 0.6 is 0 Å². The van der Waals surface area contributed by atoms with Crippen LogP contribution in [0.5, 0.6) is 5.75 Å². The zero-order valence-electron chi connectivity index (χ0n) is 19.7. The van der Waals surface area contributed by atoms with Gasteiger partial charge in [-0.05, 0) is 55.0 Å². The third-order valence-corrected chi connectivity index (χ3v) is 6.58. The molecule has 0 radical (unpaired) electrons. The Balaban J connectivity index is 1.26. The smallest absolute Gasteiger partial charge is 0.257 e. The number of nitrogens with one attached hydrogen (secondary N) is 2. The van der Waals surface area contributed by atoms with E-state index in [4.69, 9.17) is 9.47 Å². The zero-order valence-corrected chi connectivity index (χ0v) is 19.7. The number of hydrogen-bond acceptors (Lipinski definition) is 6. The molecule has 0 bridgehead atoms. The van der Waals surface area contributed by atoms with Crippen LogP contribution in [0, 0.1) is 11.6 Å².